The Hall–Kier alpha value is -1.47. The van der Waals surface area contributed by atoms with E-state index in [2.05, 4.69) is 5.32 Å². The van der Waals surface area contributed by atoms with Gasteiger partial charge in [0.2, 0.25) is 5.91 Å². The highest BCUT2D eigenvalue weighted by atomic mass is 19.4. The molecule has 22 heavy (non-hydrogen) atoms. The summed E-state index contributed by atoms with van der Waals surface area (Å²) in [6, 6.07) is -0.172. The Morgan fingerprint density at radius 3 is 2.55 bits per heavy atom. The first kappa shape index (κ1) is 18.6. The lowest BCUT2D eigenvalue weighted by Crippen LogP contribution is -2.47. The van der Waals surface area contributed by atoms with E-state index in [0.29, 0.717) is 25.6 Å². The van der Waals surface area contributed by atoms with Gasteiger partial charge in [-0.15, -0.1) is 0 Å². The minimum Gasteiger partial charge on any atom is -0.347 e. The van der Waals surface area contributed by atoms with E-state index in [1.165, 1.54) is 0 Å². The molecule has 1 aliphatic heterocycles. The molecule has 3 amide bonds. The Labute approximate surface area is 128 Å². The van der Waals surface area contributed by atoms with Gasteiger partial charge in [-0.1, -0.05) is 13.8 Å². The average molecular weight is 323 g/mol. The minimum absolute atomic E-state index is 0.0179. The molecule has 0 aromatic rings. The molecule has 128 valence electrons. The second-order valence-electron chi connectivity index (χ2n) is 6.13. The summed E-state index contributed by atoms with van der Waals surface area (Å²) in [6.07, 6.45) is -2.88. The van der Waals surface area contributed by atoms with Crippen molar-refractivity contribution in [2.45, 2.75) is 39.3 Å². The van der Waals surface area contributed by atoms with Crippen molar-refractivity contribution in [3.63, 3.8) is 0 Å². The van der Waals surface area contributed by atoms with E-state index in [1.54, 1.807) is 4.90 Å². The number of carbonyl (C=O) groups is 2. The lowest BCUT2D eigenvalue weighted by atomic mass is 9.94. The Morgan fingerprint density at radius 2 is 1.95 bits per heavy atom. The Balaban J connectivity index is 2.36. The van der Waals surface area contributed by atoms with Gasteiger partial charge in [0.25, 0.3) is 0 Å². The molecule has 1 atom stereocenters. The summed E-state index contributed by atoms with van der Waals surface area (Å²) in [5.74, 6) is -0.365. The molecule has 1 rings (SSSR count). The number of rotatable bonds is 5. The third-order valence-electron chi connectivity index (χ3n) is 3.43. The fourth-order valence-corrected chi connectivity index (χ4v) is 2.35. The molecule has 0 unspecified atom stereocenters. The quantitative estimate of drug-likeness (QED) is 0.814. The second-order valence-corrected chi connectivity index (χ2v) is 6.13. The number of amides is 3. The van der Waals surface area contributed by atoms with Crippen LogP contribution in [0, 0.1) is 11.8 Å². The molecule has 1 saturated heterocycles. The molecule has 2 N–H and O–H groups in total. The molecule has 0 aromatic heterocycles. The first-order valence-electron chi connectivity index (χ1n) is 7.53. The predicted molar refractivity (Wildman–Crippen MR) is 76.2 cm³/mol. The molecule has 1 aliphatic rings. The number of alkyl halides is 3. The van der Waals surface area contributed by atoms with E-state index in [0.717, 1.165) is 12.8 Å². The van der Waals surface area contributed by atoms with E-state index in [9.17, 15) is 22.8 Å². The van der Waals surface area contributed by atoms with Crippen LogP contribution in [0.1, 0.15) is 33.1 Å². The standard InChI is InChI=1S/C14H24F3N3O2/c1-10(2)7-18-13(22)20-5-3-4-11(8-20)6-12(21)19-9-14(15,16)17/h10-11H,3-9H2,1-2H3,(H,18,22)(H,19,21)/t11-/m1/s1. The van der Waals surface area contributed by atoms with Gasteiger partial charge in [0.05, 0.1) is 0 Å². The van der Waals surface area contributed by atoms with Crippen molar-refractivity contribution in [2.24, 2.45) is 11.8 Å². The van der Waals surface area contributed by atoms with Crippen LogP contribution in [0.3, 0.4) is 0 Å². The van der Waals surface area contributed by atoms with Crippen LogP contribution in [0.15, 0.2) is 0 Å². The average Bonchev–Trinajstić information content (AvgIpc) is 2.42. The number of hydrogen-bond donors (Lipinski definition) is 2. The van der Waals surface area contributed by atoms with E-state index in [4.69, 9.17) is 0 Å². The smallest absolute Gasteiger partial charge is 0.347 e. The predicted octanol–water partition coefficient (Wildman–Crippen LogP) is 2.13. The molecule has 0 spiro atoms. The van der Waals surface area contributed by atoms with Gasteiger partial charge in [0, 0.05) is 26.1 Å². The summed E-state index contributed by atoms with van der Waals surface area (Å²) >= 11 is 0. The monoisotopic (exact) mass is 323 g/mol. The van der Waals surface area contributed by atoms with Crippen LogP contribution in [0.25, 0.3) is 0 Å². The molecule has 8 heteroatoms. The molecular weight excluding hydrogens is 299 g/mol. The SMILES string of the molecule is CC(C)CNC(=O)N1CCC[C@H](CC(=O)NCC(F)(F)F)C1. The Kier molecular flexibility index (Phi) is 6.96. The van der Waals surface area contributed by atoms with Crippen LogP contribution in [0.5, 0.6) is 0 Å². The lowest BCUT2D eigenvalue weighted by molar-refractivity contribution is -0.139. The summed E-state index contributed by atoms with van der Waals surface area (Å²) in [5, 5.41) is 4.68. The maximum absolute atomic E-state index is 12.0. The number of halogens is 3. The van der Waals surface area contributed by atoms with Crippen LogP contribution in [-0.4, -0.2) is 49.2 Å². The number of urea groups is 1. The summed E-state index contributed by atoms with van der Waals surface area (Å²) in [4.78, 5) is 25.1. The van der Waals surface area contributed by atoms with Crippen molar-refractivity contribution in [1.82, 2.24) is 15.5 Å². The first-order valence-corrected chi connectivity index (χ1v) is 7.53. The maximum atomic E-state index is 12.0. The third-order valence-corrected chi connectivity index (χ3v) is 3.43. The zero-order valence-electron chi connectivity index (χ0n) is 13.0. The van der Waals surface area contributed by atoms with Crippen LogP contribution < -0.4 is 10.6 Å². The summed E-state index contributed by atoms with van der Waals surface area (Å²) in [5.41, 5.74) is 0. The van der Waals surface area contributed by atoms with Crippen molar-refractivity contribution in [3.05, 3.63) is 0 Å². The fraction of sp³-hybridized carbons (Fsp3) is 0.857. The summed E-state index contributed by atoms with van der Waals surface area (Å²) < 4.78 is 36.1. The lowest BCUT2D eigenvalue weighted by Gasteiger charge is -2.32. The van der Waals surface area contributed by atoms with Crippen molar-refractivity contribution in [1.29, 1.82) is 0 Å². The third kappa shape index (κ3) is 7.51. The van der Waals surface area contributed by atoms with Gasteiger partial charge in [0.1, 0.15) is 6.54 Å². The molecule has 0 saturated carbocycles. The van der Waals surface area contributed by atoms with Crippen LogP contribution >= 0.6 is 0 Å². The largest absolute Gasteiger partial charge is 0.405 e. The van der Waals surface area contributed by atoms with Crippen molar-refractivity contribution in [2.75, 3.05) is 26.2 Å². The molecular formula is C14H24F3N3O2. The van der Waals surface area contributed by atoms with Crippen LogP contribution in [0.2, 0.25) is 0 Å². The first-order chi connectivity index (χ1) is 10.2. The van der Waals surface area contributed by atoms with E-state index in [1.807, 2.05) is 19.2 Å². The van der Waals surface area contributed by atoms with Gasteiger partial charge in [-0.05, 0) is 24.7 Å². The number of likely N-dealkylation sites (tertiary alicyclic amines) is 1. The van der Waals surface area contributed by atoms with Gasteiger partial charge in [0.15, 0.2) is 0 Å². The van der Waals surface area contributed by atoms with Crippen LogP contribution in [-0.2, 0) is 4.79 Å². The molecule has 0 aromatic carbocycles. The van der Waals surface area contributed by atoms with Crippen molar-refractivity contribution in [3.8, 4) is 0 Å². The van der Waals surface area contributed by atoms with Gasteiger partial charge < -0.3 is 15.5 Å². The Morgan fingerprint density at radius 1 is 1.27 bits per heavy atom. The summed E-state index contributed by atoms with van der Waals surface area (Å²) in [6.45, 7) is 4.27. The maximum Gasteiger partial charge on any atom is 0.405 e. The van der Waals surface area contributed by atoms with E-state index in [-0.39, 0.29) is 18.4 Å². The number of nitrogens with one attached hydrogen (secondary N) is 2. The van der Waals surface area contributed by atoms with Crippen LogP contribution in [0.4, 0.5) is 18.0 Å². The molecule has 1 heterocycles. The highest BCUT2D eigenvalue weighted by molar-refractivity contribution is 5.77. The van der Waals surface area contributed by atoms with Gasteiger partial charge in [-0.3, -0.25) is 4.79 Å². The van der Waals surface area contributed by atoms with Gasteiger partial charge in [-0.2, -0.15) is 13.2 Å². The highest BCUT2D eigenvalue weighted by Gasteiger charge is 2.29. The number of nitrogens with zero attached hydrogens (tertiary/aromatic N) is 1. The minimum atomic E-state index is -4.40. The normalized spacial score (nSPS) is 19.2. The molecule has 0 bridgehead atoms. The number of hydrogen-bond acceptors (Lipinski definition) is 2. The number of carbonyl (C=O) groups excluding carboxylic acids is 2. The Bertz CT molecular complexity index is 386. The van der Waals surface area contributed by atoms with Crippen molar-refractivity contribution < 1.29 is 22.8 Å². The fourth-order valence-electron chi connectivity index (χ4n) is 2.35. The molecule has 0 aliphatic carbocycles. The van der Waals surface area contributed by atoms with E-state index >= 15 is 0 Å². The molecule has 5 nitrogen and oxygen atoms in total. The zero-order valence-corrected chi connectivity index (χ0v) is 13.0. The van der Waals surface area contributed by atoms with E-state index < -0.39 is 18.6 Å². The van der Waals surface area contributed by atoms with Crippen molar-refractivity contribution >= 4 is 11.9 Å². The highest BCUT2D eigenvalue weighted by Crippen LogP contribution is 2.20. The van der Waals surface area contributed by atoms with Gasteiger partial charge in [-0.25, -0.2) is 4.79 Å². The molecule has 1 fully saturated rings. The molecule has 0 radical (unpaired) electrons. The number of piperidine rings is 1. The topological polar surface area (TPSA) is 61.4 Å². The zero-order chi connectivity index (χ0) is 16.8. The summed E-state index contributed by atoms with van der Waals surface area (Å²) in [7, 11) is 0. The van der Waals surface area contributed by atoms with Gasteiger partial charge >= 0.3 is 12.2 Å². The second kappa shape index (κ2) is 8.24.